The summed E-state index contributed by atoms with van der Waals surface area (Å²) in [4.78, 5) is 30.5. The Morgan fingerprint density at radius 1 is 1.13 bits per heavy atom. The highest BCUT2D eigenvalue weighted by atomic mass is 32.1. The number of halogens is 1. The summed E-state index contributed by atoms with van der Waals surface area (Å²) in [6.45, 7) is 0. The Morgan fingerprint density at radius 3 is 2.52 bits per heavy atom. The third-order valence-electron chi connectivity index (χ3n) is 3.08. The van der Waals surface area contributed by atoms with Crippen molar-refractivity contribution in [3.8, 4) is 0 Å². The SMILES string of the molecule is O=C(C=c1[nH]c(=O)c(=Cc2ccc(F)cc2)s1)c1ccncc1. The predicted octanol–water partition coefficient (Wildman–Crippen LogP) is 1.46. The Hall–Kier alpha value is -2.86. The first-order valence-electron chi connectivity index (χ1n) is 6.74. The standard InChI is InChI=1S/C17H11FN2O2S/c18-13-3-1-11(2-4-13)9-15-17(22)20-16(23-15)10-14(21)12-5-7-19-8-6-12/h1-10H,(H,20,22). The van der Waals surface area contributed by atoms with Gasteiger partial charge in [-0.2, -0.15) is 0 Å². The fourth-order valence-corrected chi connectivity index (χ4v) is 2.84. The molecule has 0 spiro atoms. The van der Waals surface area contributed by atoms with Gasteiger partial charge in [0.05, 0.1) is 9.20 Å². The van der Waals surface area contributed by atoms with E-state index in [-0.39, 0.29) is 17.2 Å². The second kappa shape index (κ2) is 6.50. The summed E-state index contributed by atoms with van der Waals surface area (Å²) >= 11 is 1.17. The zero-order chi connectivity index (χ0) is 16.2. The minimum atomic E-state index is -0.334. The molecule has 4 nitrogen and oxygen atoms in total. The number of nitrogens with one attached hydrogen (secondary N) is 1. The largest absolute Gasteiger partial charge is 0.313 e. The number of aromatic nitrogens is 2. The first kappa shape index (κ1) is 15.1. The molecule has 0 amide bonds. The second-order valence-electron chi connectivity index (χ2n) is 4.73. The third-order valence-corrected chi connectivity index (χ3v) is 4.04. The Morgan fingerprint density at radius 2 is 1.83 bits per heavy atom. The molecular formula is C17H11FN2O2S. The van der Waals surface area contributed by atoms with Crippen LogP contribution in [0.15, 0.2) is 53.6 Å². The summed E-state index contributed by atoms with van der Waals surface area (Å²) in [5.41, 5.74) is 0.928. The molecule has 0 atom stereocenters. The number of carbonyl (C=O) groups excluding carboxylic acids is 1. The van der Waals surface area contributed by atoms with Gasteiger partial charge < -0.3 is 4.98 Å². The van der Waals surface area contributed by atoms with Crippen molar-refractivity contribution in [1.82, 2.24) is 9.97 Å². The van der Waals surface area contributed by atoms with Gasteiger partial charge in [0, 0.05) is 24.0 Å². The van der Waals surface area contributed by atoms with Crippen molar-refractivity contribution in [1.29, 1.82) is 0 Å². The summed E-state index contributed by atoms with van der Waals surface area (Å²) in [5, 5.41) is 0. The lowest BCUT2D eigenvalue weighted by Crippen LogP contribution is -2.20. The topological polar surface area (TPSA) is 62.8 Å². The van der Waals surface area contributed by atoms with Gasteiger partial charge in [0.25, 0.3) is 5.56 Å². The van der Waals surface area contributed by atoms with Crippen molar-refractivity contribution in [2.24, 2.45) is 0 Å². The van der Waals surface area contributed by atoms with Crippen LogP contribution >= 0.6 is 11.3 Å². The zero-order valence-corrected chi connectivity index (χ0v) is 12.6. The molecule has 2 aromatic heterocycles. The Bertz CT molecular complexity index is 1010. The van der Waals surface area contributed by atoms with Crippen LogP contribution in [0, 0.1) is 5.82 Å². The highest BCUT2D eigenvalue weighted by Gasteiger charge is 2.02. The lowest BCUT2D eigenvalue weighted by atomic mass is 10.2. The average Bonchev–Trinajstić information content (AvgIpc) is 2.90. The van der Waals surface area contributed by atoms with Crippen LogP contribution in [0.1, 0.15) is 15.9 Å². The van der Waals surface area contributed by atoms with E-state index in [0.717, 1.165) is 0 Å². The Labute approximate surface area is 134 Å². The molecule has 0 unspecified atom stereocenters. The molecule has 0 fully saturated rings. The van der Waals surface area contributed by atoms with Crippen molar-refractivity contribution in [3.63, 3.8) is 0 Å². The molecule has 0 aliphatic heterocycles. The van der Waals surface area contributed by atoms with Gasteiger partial charge in [-0.15, -0.1) is 11.3 Å². The fourth-order valence-electron chi connectivity index (χ4n) is 1.95. The van der Waals surface area contributed by atoms with Gasteiger partial charge in [-0.05, 0) is 35.9 Å². The minimum absolute atomic E-state index is 0.210. The summed E-state index contributed by atoms with van der Waals surface area (Å²) < 4.78 is 13.8. The van der Waals surface area contributed by atoms with Crippen molar-refractivity contribution in [2.45, 2.75) is 0 Å². The van der Waals surface area contributed by atoms with E-state index in [2.05, 4.69) is 9.97 Å². The van der Waals surface area contributed by atoms with Crippen molar-refractivity contribution in [3.05, 3.63) is 85.3 Å². The summed E-state index contributed by atoms with van der Waals surface area (Å²) in [5.74, 6) is -0.544. The fraction of sp³-hybridized carbons (Fsp3) is 0. The molecule has 3 rings (SSSR count). The van der Waals surface area contributed by atoms with E-state index in [9.17, 15) is 14.0 Å². The maximum Gasteiger partial charge on any atom is 0.266 e. The highest BCUT2D eigenvalue weighted by molar-refractivity contribution is 7.07. The number of hydrogen-bond acceptors (Lipinski definition) is 4. The number of nitrogens with zero attached hydrogens (tertiary/aromatic N) is 1. The van der Waals surface area contributed by atoms with Crippen LogP contribution in [0.4, 0.5) is 4.39 Å². The molecule has 1 N–H and O–H groups in total. The van der Waals surface area contributed by atoms with Crippen LogP contribution in [-0.2, 0) is 0 Å². The van der Waals surface area contributed by atoms with Crippen molar-refractivity contribution >= 4 is 29.3 Å². The van der Waals surface area contributed by atoms with E-state index < -0.39 is 0 Å². The number of carbonyl (C=O) groups is 1. The number of Topliss-reactive ketones (excluding diaryl/α,β-unsaturated/α-hetero) is 1. The zero-order valence-electron chi connectivity index (χ0n) is 11.8. The third kappa shape index (κ3) is 3.67. The van der Waals surface area contributed by atoms with E-state index in [1.807, 2.05) is 0 Å². The summed E-state index contributed by atoms with van der Waals surface area (Å²) in [6, 6.07) is 9.04. The maximum atomic E-state index is 12.9. The number of pyridine rings is 1. The number of aromatic amines is 1. The Balaban J connectivity index is 1.98. The van der Waals surface area contributed by atoms with Crippen LogP contribution < -0.4 is 14.8 Å². The van der Waals surface area contributed by atoms with Gasteiger partial charge in [-0.25, -0.2) is 4.39 Å². The molecule has 23 heavy (non-hydrogen) atoms. The number of ketones is 1. The van der Waals surface area contributed by atoms with Gasteiger partial charge in [0.1, 0.15) is 5.82 Å². The van der Waals surface area contributed by atoms with Gasteiger partial charge in [-0.1, -0.05) is 12.1 Å². The number of thiazole rings is 1. The molecule has 0 bridgehead atoms. The van der Waals surface area contributed by atoms with E-state index >= 15 is 0 Å². The molecule has 0 radical (unpaired) electrons. The lowest BCUT2D eigenvalue weighted by Gasteiger charge is -1.91. The minimum Gasteiger partial charge on any atom is -0.313 e. The second-order valence-corrected chi connectivity index (χ2v) is 5.81. The normalized spacial score (nSPS) is 12.6. The number of hydrogen-bond donors (Lipinski definition) is 1. The summed E-state index contributed by atoms with van der Waals surface area (Å²) in [6.07, 6.45) is 6.10. The Kier molecular flexibility index (Phi) is 4.25. The highest BCUT2D eigenvalue weighted by Crippen LogP contribution is 2.03. The van der Waals surface area contributed by atoms with E-state index in [1.54, 1.807) is 30.3 Å². The average molecular weight is 326 g/mol. The molecule has 114 valence electrons. The molecule has 0 saturated carbocycles. The lowest BCUT2D eigenvalue weighted by molar-refractivity contribution is 0.106. The number of benzene rings is 1. The van der Waals surface area contributed by atoms with E-state index in [0.29, 0.717) is 20.3 Å². The molecule has 0 aliphatic carbocycles. The molecule has 0 aliphatic rings. The van der Waals surface area contributed by atoms with Crippen LogP contribution in [0.5, 0.6) is 0 Å². The van der Waals surface area contributed by atoms with Crippen LogP contribution in [0.25, 0.3) is 12.2 Å². The molecule has 3 aromatic rings. The van der Waals surface area contributed by atoms with Crippen molar-refractivity contribution in [2.75, 3.05) is 0 Å². The van der Waals surface area contributed by atoms with Crippen LogP contribution in [0.3, 0.4) is 0 Å². The van der Waals surface area contributed by atoms with E-state index in [4.69, 9.17) is 0 Å². The van der Waals surface area contributed by atoms with Gasteiger partial charge in [-0.3, -0.25) is 14.6 Å². The molecule has 0 saturated heterocycles. The molecule has 6 heteroatoms. The molecule has 1 aromatic carbocycles. The van der Waals surface area contributed by atoms with Gasteiger partial charge in [0.2, 0.25) is 0 Å². The molecular weight excluding hydrogens is 315 g/mol. The monoisotopic (exact) mass is 326 g/mol. The van der Waals surface area contributed by atoms with Crippen molar-refractivity contribution < 1.29 is 9.18 Å². The van der Waals surface area contributed by atoms with Gasteiger partial charge in [0.15, 0.2) is 5.78 Å². The quantitative estimate of drug-likeness (QED) is 0.741. The first-order valence-corrected chi connectivity index (χ1v) is 7.56. The van der Waals surface area contributed by atoms with Gasteiger partial charge >= 0.3 is 0 Å². The smallest absolute Gasteiger partial charge is 0.266 e. The maximum absolute atomic E-state index is 12.9. The predicted molar refractivity (Wildman–Crippen MR) is 87.2 cm³/mol. The van der Waals surface area contributed by atoms with Crippen LogP contribution in [0.2, 0.25) is 0 Å². The number of H-pyrrole nitrogens is 1. The van der Waals surface area contributed by atoms with E-state index in [1.165, 1.54) is 41.9 Å². The summed E-state index contributed by atoms with van der Waals surface area (Å²) in [7, 11) is 0. The molecule has 2 heterocycles. The number of rotatable bonds is 3. The van der Waals surface area contributed by atoms with Crippen LogP contribution in [-0.4, -0.2) is 15.8 Å². The first-order chi connectivity index (χ1) is 11.1.